The highest BCUT2D eigenvalue weighted by molar-refractivity contribution is 9.28. The van der Waals surface area contributed by atoms with Crippen molar-refractivity contribution in [3.63, 3.8) is 0 Å². The van der Waals surface area contributed by atoms with Crippen molar-refractivity contribution in [3.05, 3.63) is 67.0 Å². The molecular formula is C44H51Br2Cl3F6N2O14Si3. The number of rotatable bonds is 10. The van der Waals surface area contributed by atoms with Crippen LogP contribution in [0.4, 0.5) is 47.3 Å². The topological polar surface area (TPSA) is 225 Å². The lowest BCUT2D eigenvalue weighted by Crippen LogP contribution is -2.49. The lowest BCUT2D eigenvalue weighted by atomic mass is 9.90. The van der Waals surface area contributed by atoms with E-state index in [1.165, 1.54) is 44.2 Å². The molecule has 2 aromatic carbocycles. The first-order chi connectivity index (χ1) is 34.3. The second-order valence-corrected chi connectivity index (χ2v) is 24.0. The molecule has 5 N–H and O–H groups in total. The Morgan fingerprint density at radius 1 is 0.730 bits per heavy atom. The van der Waals surface area contributed by atoms with Gasteiger partial charge in [-0.15, -0.1) is 0 Å². The summed E-state index contributed by atoms with van der Waals surface area (Å²) in [5, 5.41) is 27.5. The van der Waals surface area contributed by atoms with Gasteiger partial charge < -0.3 is 47.6 Å². The number of aldehydes is 1. The van der Waals surface area contributed by atoms with Crippen LogP contribution in [0.5, 0.6) is 0 Å². The van der Waals surface area contributed by atoms with E-state index < -0.39 is 78.9 Å². The van der Waals surface area contributed by atoms with Crippen LogP contribution in [-0.4, -0.2) is 122 Å². The van der Waals surface area contributed by atoms with Gasteiger partial charge in [0.05, 0.1) is 27.5 Å². The Hall–Kier alpha value is -3.25. The fraction of sp³-hybridized carbons (Fsp3) is 0.523. The van der Waals surface area contributed by atoms with Gasteiger partial charge in [0.15, 0.2) is 46.8 Å². The molecule has 0 saturated heterocycles. The molecule has 2 unspecified atom stereocenters. The van der Waals surface area contributed by atoms with E-state index in [-0.39, 0.29) is 71.0 Å². The van der Waals surface area contributed by atoms with Gasteiger partial charge in [0.2, 0.25) is 0 Å². The maximum absolute atomic E-state index is 13.6. The number of carboxylic acids is 1. The fourth-order valence-electron chi connectivity index (χ4n) is 6.45. The van der Waals surface area contributed by atoms with Crippen molar-refractivity contribution in [1.82, 2.24) is 0 Å². The smallest absolute Gasteiger partial charge is 0.448 e. The Bertz CT molecular complexity index is 2500. The molecule has 16 nitrogen and oxygen atoms in total. The van der Waals surface area contributed by atoms with Crippen LogP contribution in [0.15, 0.2) is 45.9 Å². The summed E-state index contributed by atoms with van der Waals surface area (Å²) in [4.78, 5) is 53.5. The highest BCUT2D eigenvalue weighted by atomic mass is 79.9. The summed E-state index contributed by atoms with van der Waals surface area (Å²) in [6.07, 6.45) is -2.05. The number of carbonyl (C=O) groups excluding carboxylic acids is 4. The van der Waals surface area contributed by atoms with Crippen LogP contribution in [0.1, 0.15) is 75.3 Å². The number of amides is 2. The van der Waals surface area contributed by atoms with Crippen LogP contribution >= 0.6 is 66.7 Å². The summed E-state index contributed by atoms with van der Waals surface area (Å²) < 4.78 is 110. The number of fused-ring (bicyclic) bond motifs is 2. The fourth-order valence-corrected chi connectivity index (χ4v) is 10.7. The molecule has 7 aliphatic rings. The van der Waals surface area contributed by atoms with Crippen molar-refractivity contribution in [3.8, 4) is 11.8 Å². The predicted octanol–water partition coefficient (Wildman–Crippen LogP) is 8.65. The van der Waals surface area contributed by atoms with E-state index in [9.17, 15) is 55.4 Å². The van der Waals surface area contributed by atoms with Gasteiger partial charge in [-0.2, -0.15) is 26.3 Å². The third kappa shape index (κ3) is 16.9. The number of aliphatic carboxylic acids is 1. The van der Waals surface area contributed by atoms with Gasteiger partial charge in [-0.1, -0.05) is 60.4 Å². The number of benzene rings is 2. The summed E-state index contributed by atoms with van der Waals surface area (Å²) in [6, 6.07) is 7.17. The summed E-state index contributed by atoms with van der Waals surface area (Å²) in [7, 11) is 0.298. The Morgan fingerprint density at radius 3 is 1.55 bits per heavy atom. The summed E-state index contributed by atoms with van der Waals surface area (Å²) >= 11 is 23.4. The molecule has 0 aromatic heterocycles. The second-order valence-electron chi connectivity index (χ2n) is 17.3. The SMILES string of the molecule is COC(=O)C1(O[SiH2]C)CC1.C[SiH2]OC1(C=C(Br)Br)CC1.C[SiH2]OC1(C=O)CC1.O=C(O)C1(O)CC1.O=C1Nc2ccc(Cl)cc2C(C#CC2(O)CC2)(C(F)(F)F)O1.O=C1Nc2ccc(Cl)cc2C(Cl)(C(F)(F)F)O1. The van der Waals surface area contributed by atoms with Gasteiger partial charge in [-0.3, -0.25) is 10.6 Å². The molecular weight excluding hydrogens is 1240 g/mol. The van der Waals surface area contributed by atoms with E-state index in [1.54, 1.807) is 0 Å². The molecule has 2 atom stereocenters. The summed E-state index contributed by atoms with van der Waals surface area (Å²) in [6.45, 7) is 6.22. The quantitative estimate of drug-likeness (QED) is 0.0286. The highest BCUT2D eigenvalue weighted by Crippen LogP contribution is 2.52. The molecule has 0 radical (unpaired) electrons. The van der Waals surface area contributed by atoms with Gasteiger partial charge in [0.1, 0.15) is 11.2 Å². The maximum atomic E-state index is 13.6. The largest absolute Gasteiger partial charge is 0.479 e. The Balaban J connectivity index is 0.000000203. The van der Waals surface area contributed by atoms with E-state index in [1.807, 2.05) is 19.0 Å². The third-order valence-corrected chi connectivity index (χ3v) is 15.3. The van der Waals surface area contributed by atoms with Crippen molar-refractivity contribution in [2.24, 2.45) is 0 Å². The molecule has 5 aliphatic carbocycles. The molecule has 2 aliphatic heterocycles. The molecule has 30 heteroatoms. The number of carbonyl (C=O) groups is 5. The molecule has 0 bridgehead atoms. The number of halogens is 11. The number of hydrogen-bond donors (Lipinski definition) is 5. The molecule has 2 heterocycles. The number of cyclic esters (lactones) is 2. The first-order valence-corrected chi connectivity index (χ1v) is 31.2. The number of alkyl halides is 7. The number of nitrogens with one attached hydrogen (secondary N) is 2. The number of hydrogen-bond acceptors (Lipinski definition) is 13. The molecule has 410 valence electrons. The summed E-state index contributed by atoms with van der Waals surface area (Å²) in [5.74, 6) is 2.81. The van der Waals surface area contributed by atoms with Gasteiger partial charge in [0, 0.05) is 21.2 Å². The van der Waals surface area contributed by atoms with E-state index >= 15 is 0 Å². The zero-order valence-corrected chi connectivity index (χ0v) is 49.5. The minimum Gasteiger partial charge on any atom is -0.479 e. The molecule has 9 rings (SSSR count). The summed E-state index contributed by atoms with van der Waals surface area (Å²) in [5.41, 5.74) is -7.61. The van der Waals surface area contributed by atoms with Crippen molar-refractivity contribution >= 4 is 138 Å². The standard InChI is InChI=1S/C14H9ClF3NO3.C9H4Cl2F3NO2.C6H10Br2OSi.C6H12O3Si.C5H10O2Si.C4H6O3/c15-8-1-2-10-9(7-8)13(14(16,17)18,22-11(20)19-10)6-5-12(21)3-4-12;10-4-1-2-6-5(3-4)8(11,9(12,13)14)17-7(16)15-6;1-10-9-6(2-3-6)4-5(7)8;1-8-5(7)6(3-4-6)9-10-2;1-8-7-5(4-6)2-3-5;5-3(6)4(7)1-2-4/h1-2,7,21H,3-4H2,(H,19,20);1-3H,(H,15,16);4H,2-3,10H2,1H3;3-4,10H2,1-2H3;4H,2-3,8H2,1H3;7H,1-2H2,(H,5,6). The van der Waals surface area contributed by atoms with Gasteiger partial charge >= 0.3 is 41.5 Å². The maximum Gasteiger partial charge on any atom is 0.448 e. The van der Waals surface area contributed by atoms with Crippen LogP contribution in [-0.2, 0) is 52.5 Å². The van der Waals surface area contributed by atoms with Gasteiger partial charge in [0.25, 0.3) is 5.60 Å². The zero-order valence-electron chi connectivity index (χ0n) is 39.8. The molecule has 5 saturated carbocycles. The molecule has 5 fully saturated rings. The number of methoxy groups -OCH3 is 1. The lowest BCUT2D eigenvalue weighted by molar-refractivity contribution is -0.239. The normalized spacial score (nSPS) is 23.6. The minimum absolute atomic E-state index is 0.0408. The molecule has 0 spiro atoms. The van der Waals surface area contributed by atoms with E-state index in [4.69, 9.17) is 58.3 Å². The molecule has 2 aromatic rings. The van der Waals surface area contributed by atoms with Gasteiger partial charge in [-0.25, -0.2) is 19.2 Å². The third-order valence-electron chi connectivity index (χ3n) is 11.3. The van der Waals surface area contributed by atoms with Crippen molar-refractivity contribution in [1.29, 1.82) is 0 Å². The van der Waals surface area contributed by atoms with E-state index in [0.29, 0.717) is 12.8 Å². The Labute approximate surface area is 459 Å². The van der Waals surface area contributed by atoms with Crippen LogP contribution in [0, 0.1) is 11.8 Å². The Morgan fingerprint density at radius 2 is 1.20 bits per heavy atom. The number of anilines is 2. The van der Waals surface area contributed by atoms with E-state index in [2.05, 4.69) is 75.2 Å². The van der Waals surface area contributed by atoms with Crippen molar-refractivity contribution in [2.45, 2.75) is 135 Å². The first-order valence-electron chi connectivity index (χ1n) is 22.5. The average molecular weight is 1300 g/mol. The van der Waals surface area contributed by atoms with Crippen LogP contribution in [0.2, 0.25) is 29.7 Å². The van der Waals surface area contributed by atoms with Crippen molar-refractivity contribution < 1.29 is 93.1 Å². The van der Waals surface area contributed by atoms with E-state index in [0.717, 1.165) is 47.5 Å². The molecule has 2 amide bonds. The lowest BCUT2D eigenvalue weighted by Gasteiger charge is -2.35. The number of esters is 1. The minimum atomic E-state index is -5.00. The number of ether oxygens (including phenoxy) is 3. The first kappa shape index (κ1) is 63.3. The van der Waals surface area contributed by atoms with Gasteiger partial charge in [-0.05, 0) is 144 Å². The van der Waals surface area contributed by atoms with Crippen LogP contribution in [0.3, 0.4) is 0 Å². The predicted molar refractivity (Wildman–Crippen MR) is 275 cm³/mol. The Kier molecular flexibility index (Phi) is 21.4. The zero-order chi connectivity index (χ0) is 55.8. The monoisotopic (exact) mass is 1290 g/mol. The number of aliphatic hydroxyl groups is 2. The molecule has 74 heavy (non-hydrogen) atoms. The highest BCUT2D eigenvalue weighted by Gasteiger charge is 2.63. The van der Waals surface area contributed by atoms with Crippen LogP contribution in [0.25, 0.3) is 0 Å². The second kappa shape index (κ2) is 25.0. The number of carboxylic acid groups (broad SMARTS) is 1. The van der Waals surface area contributed by atoms with Crippen LogP contribution < -0.4 is 10.6 Å². The average Bonchev–Trinajstić information content (AvgIpc) is 4.05. The van der Waals surface area contributed by atoms with Crippen molar-refractivity contribution in [2.75, 3.05) is 17.7 Å².